The van der Waals surface area contributed by atoms with E-state index >= 15 is 0 Å². The fourth-order valence-electron chi connectivity index (χ4n) is 2.37. The minimum absolute atomic E-state index is 0.0193. The molecule has 0 bridgehead atoms. The second kappa shape index (κ2) is 7.36. The van der Waals surface area contributed by atoms with Gasteiger partial charge in [-0.05, 0) is 24.3 Å². The van der Waals surface area contributed by atoms with Crippen LogP contribution in [-0.2, 0) is 26.1 Å². The summed E-state index contributed by atoms with van der Waals surface area (Å²) in [6.45, 7) is -0.216. The topological polar surface area (TPSA) is 170 Å². The maximum Gasteiger partial charge on any atom is 0.238 e. The smallest absolute Gasteiger partial charge is 0.238 e. The molecule has 5 N–H and O–H groups in total. The lowest BCUT2D eigenvalue weighted by Crippen LogP contribution is -2.53. The van der Waals surface area contributed by atoms with Crippen LogP contribution in [0.15, 0.2) is 35.4 Å². The van der Waals surface area contributed by atoms with E-state index in [2.05, 4.69) is 10.3 Å². The Morgan fingerprint density at radius 3 is 2.58 bits per heavy atom. The molecular weight excluding hydrogens is 368 g/mol. The predicted octanol–water partition coefficient (Wildman–Crippen LogP) is -2.13. The standard InChI is InChI=1S/C14H18N4O7S/c15-26(22,23)10-3-1-9(2-4-10)18-5-8(16-17-18)6-24-14-13(21)12(20)11(19)7-25-14/h1-5,11-14,19-21H,6-7H2,(H2,15,22,23)/t11-,12-,13+,14+/m1/s1. The van der Waals surface area contributed by atoms with Crippen LogP contribution in [0.5, 0.6) is 0 Å². The van der Waals surface area contributed by atoms with Crippen molar-refractivity contribution in [2.75, 3.05) is 6.61 Å². The predicted molar refractivity (Wildman–Crippen MR) is 85.3 cm³/mol. The summed E-state index contributed by atoms with van der Waals surface area (Å²) < 4.78 is 34.4. The molecule has 1 aromatic heterocycles. The molecule has 1 aliphatic rings. The lowest BCUT2D eigenvalue weighted by Gasteiger charge is -2.34. The van der Waals surface area contributed by atoms with Crippen molar-refractivity contribution in [3.05, 3.63) is 36.2 Å². The Balaban J connectivity index is 1.63. The average Bonchev–Trinajstić information content (AvgIpc) is 3.07. The summed E-state index contributed by atoms with van der Waals surface area (Å²) in [4.78, 5) is -0.0193. The zero-order valence-electron chi connectivity index (χ0n) is 13.4. The molecule has 0 unspecified atom stereocenters. The van der Waals surface area contributed by atoms with Crippen molar-refractivity contribution in [2.24, 2.45) is 5.14 Å². The van der Waals surface area contributed by atoms with Crippen molar-refractivity contribution in [3.8, 4) is 5.69 Å². The van der Waals surface area contributed by atoms with Crippen LogP contribution in [0.2, 0.25) is 0 Å². The van der Waals surface area contributed by atoms with Crippen molar-refractivity contribution in [1.29, 1.82) is 0 Å². The molecule has 1 aliphatic heterocycles. The molecule has 1 aromatic carbocycles. The van der Waals surface area contributed by atoms with Gasteiger partial charge in [0.25, 0.3) is 0 Å². The fourth-order valence-corrected chi connectivity index (χ4v) is 2.89. The third-order valence-electron chi connectivity index (χ3n) is 3.82. The average molecular weight is 386 g/mol. The van der Waals surface area contributed by atoms with E-state index < -0.39 is 34.6 Å². The minimum Gasteiger partial charge on any atom is -0.388 e. The number of rotatable bonds is 5. The van der Waals surface area contributed by atoms with Crippen LogP contribution in [0.4, 0.5) is 0 Å². The van der Waals surface area contributed by atoms with E-state index in [1.807, 2.05) is 0 Å². The van der Waals surface area contributed by atoms with Gasteiger partial charge in [-0.15, -0.1) is 5.10 Å². The number of hydrogen-bond donors (Lipinski definition) is 4. The highest BCUT2D eigenvalue weighted by atomic mass is 32.2. The summed E-state index contributed by atoms with van der Waals surface area (Å²) in [6, 6.07) is 5.73. The van der Waals surface area contributed by atoms with Crippen LogP contribution in [0.1, 0.15) is 5.69 Å². The van der Waals surface area contributed by atoms with Crippen molar-refractivity contribution in [3.63, 3.8) is 0 Å². The number of ether oxygens (including phenoxy) is 2. The van der Waals surface area contributed by atoms with Gasteiger partial charge in [-0.3, -0.25) is 0 Å². The highest BCUT2D eigenvalue weighted by Gasteiger charge is 2.38. The molecule has 0 spiro atoms. The SMILES string of the molecule is NS(=O)(=O)c1ccc(-n2cc(CO[C@H]3OC[C@@H](O)[C@@H](O)[C@@H]3O)nn2)cc1. The Morgan fingerprint density at radius 2 is 1.92 bits per heavy atom. The van der Waals surface area contributed by atoms with Gasteiger partial charge < -0.3 is 24.8 Å². The van der Waals surface area contributed by atoms with Crippen LogP contribution in [0.25, 0.3) is 5.69 Å². The van der Waals surface area contributed by atoms with E-state index in [4.69, 9.17) is 14.6 Å². The molecule has 1 fully saturated rings. The highest BCUT2D eigenvalue weighted by Crippen LogP contribution is 2.18. The number of aliphatic hydroxyl groups excluding tert-OH is 3. The first-order valence-electron chi connectivity index (χ1n) is 7.57. The Morgan fingerprint density at radius 1 is 1.23 bits per heavy atom. The molecule has 142 valence electrons. The zero-order chi connectivity index (χ0) is 18.9. The number of nitrogens with zero attached hydrogens (tertiary/aromatic N) is 3. The van der Waals surface area contributed by atoms with Gasteiger partial charge in [0.2, 0.25) is 10.0 Å². The second-order valence-corrected chi connectivity index (χ2v) is 7.32. The molecule has 2 heterocycles. The number of hydrogen-bond acceptors (Lipinski definition) is 9. The Hall–Kier alpha value is -1.93. The van der Waals surface area contributed by atoms with E-state index in [9.17, 15) is 23.7 Å². The molecule has 0 aliphatic carbocycles. The molecule has 1 saturated heterocycles. The maximum absolute atomic E-state index is 11.3. The van der Waals surface area contributed by atoms with Gasteiger partial charge in [0, 0.05) is 0 Å². The number of sulfonamides is 1. The van der Waals surface area contributed by atoms with Gasteiger partial charge in [0.05, 0.1) is 30.0 Å². The summed E-state index contributed by atoms with van der Waals surface area (Å²) in [6.07, 6.45) is -3.48. The highest BCUT2D eigenvalue weighted by molar-refractivity contribution is 7.89. The molecule has 12 heteroatoms. The number of benzene rings is 1. The van der Waals surface area contributed by atoms with E-state index in [0.717, 1.165) is 0 Å². The van der Waals surface area contributed by atoms with E-state index in [0.29, 0.717) is 11.4 Å². The first-order valence-corrected chi connectivity index (χ1v) is 9.12. The lowest BCUT2D eigenvalue weighted by molar-refractivity contribution is -0.273. The van der Waals surface area contributed by atoms with Crippen molar-refractivity contribution < 1.29 is 33.2 Å². The van der Waals surface area contributed by atoms with Gasteiger partial charge in [-0.25, -0.2) is 18.2 Å². The molecule has 11 nitrogen and oxygen atoms in total. The molecule has 26 heavy (non-hydrogen) atoms. The summed E-state index contributed by atoms with van der Waals surface area (Å²) in [5.74, 6) is 0. The molecule has 0 saturated carbocycles. The monoisotopic (exact) mass is 386 g/mol. The summed E-state index contributed by atoms with van der Waals surface area (Å²) >= 11 is 0. The molecule has 0 radical (unpaired) electrons. The largest absolute Gasteiger partial charge is 0.388 e. The summed E-state index contributed by atoms with van der Waals surface area (Å²) in [5, 5.41) is 41.6. The van der Waals surface area contributed by atoms with Gasteiger partial charge >= 0.3 is 0 Å². The summed E-state index contributed by atoms with van der Waals surface area (Å²) in [7, 11) is -3.77. The van der Waals surface area contributed by atoms with Gasteiger partial charge in [0.1, 0.15) is 24.0 Å². The van der Waals surface area contributed by atoms with E-state index in [-0.39, 0.29) is 18.1 Å². The molecule has 3 rings (SSSR count). The molecular formula is C14H18N4O7S. The van der Waals surface area contributed by atoms with Gasteiger partial charge in [-0.2, -0.15) is 0 Å². The number of aliphatic hydroxyl groups is 3. The maximum atomic E-state index is 11.3. The number of primary sulfonamides is 1. The minimum atomic E-state index is -3.77. The van der Waals surface area contributed by atoms with Crippen LogP contribution >= 0.6 is 0 Å². The first-order chi connectivity index (χ1) is 12.3. The van der Waals surface area contributed by atoms with E-state index in [1.54, 1.807) is 6.20 Å². The Kier molecular flexibility index (Phi) is 5.34. The number of nitrogens with two attached hydrogens (primary N) is 1. The van der Waals surface area contributed by atoms with Crippen molar-refractivity contribution in [1.82, 2.24) is 15.0 Å². The van der Waals surface area contributed by atoms with Crippen LogP contribution < -0.4 is 5.14 Å². The number of aromatic nitrogens is 3. The molecule has 0 amide bonds. The van der Waals surface area contributed by atoms with E-state index in [1.165, 1.54) is 28.9 Å². The first kappa shape index (κ1) is 18.8. The second-order valence-electron chi connectivity index (χ2n) is 5.75. The Labute approximate surface area is 148 Å². The van der Waals surface area contributed by atoms with Crippen molar-refractivity contribution in [2.45, 2.75) is 36.1 Å². The van der Waals surface area contributed by atoms with Gasteiger partial charge in [-0.1, -0.05) is 5.21 Å². The molecule has 4 atom stereocenters. The van der Waals surface area contributed by atoms with Crippen LogP contribution in [0, 0.1) is 0 Å². The van der Waals surface area contributed by atoms with Crippen LogP contribution in [-0.4, -0.2) is 69.9 Å². The fraction of sp³-hybridized carbons (Fsp3) is 0.429. The third kappa shape index (κ3) is 4.07. The zero-order valence-corrected chi connectivity index (χ0v) is 14.2. The quantitative estimate of drug-likeness (QED) is 0.448. The third-order valence-corrected chi connectivity index (χ3v) is 4.75. The summed E-state index contributed by atoms with van der Waals surface area (Å²) in [5.41, 5.74) is 0.973. The lowest BCUT2D eigenvalue weighted by atomic mass is 10.1. The Bertz CT molecular complexity index is 854. The normalized spacial score (nSPS) is 26.8. The van der Waals surface area contributed by atoms with Crippen molar-refractivity contribution >= 4 is 10.0 Å². The molecule has 2 aromatic rings. The van der Waals surface area contributed by atoms with Gasteiger partial charge in [0.15, 0.2) is 6.29 Å². The van der Waals surface area contributed by atoms with Crippen LogP contribution in [0.3, 0.4) is 0 Å².